The summed E-state index contributed by atoms with van der Waals surface area (Å²) in [5, 5.41) is 0. The van der Waals surface area contributed by atoms with Gasteiger partial charge in [0.25, 0.3) is 0 Å². The molecule has 5 nitrogen and oxygen atoms in total. The normalized spacial score (nSPS) is 47.8. The number of likely N-dealkylation sites (tertiary alicyclic amines) is 1. The molecule has 5 aliphatic carbocycles. The van der Waals surface area contributed by atoms with Crippen LogP contribution < -0.4 is 0 Å². The van der Waals surface area contributed by atoms with Gasteiger partial charge in [-0.3, -0.25) is 9.59 Å². The van der Waals surface area contributed by atoms with Gasteiger partial charge in [0.15, 0.2) is 11.6 Å². The van der Waals surface area contributed by atoms with Crippen molar-refractivity contribution in [1.29, 1.82) is 0 Å². The molecule has 0 spiro atoms. The van der Waals surface area contributed by atoms with Crippen LogP contribution in [0.2, 0.25) is 0 Å². The van der Waals surface area contributed by atoms with E-state index in [9.17, 15) is 14.4 Å². The van der Waals surface area contributed by atoms with Crippen molar-refractivity contribution in [1.82, 2.24) is 4.90 Å². The Labute approximate surface area is 241 Å². The van der Waals surface area contributed by atoms with Crippen molar-refractivity contribution in [3.05, 3.63) is 34.8 Å². The summed E-state index contributed by atoms with van der Waals surface area (Å²) in [7, 11) is 0. The van der Waals surface area contributed by atoms with Crippen LogP contribution in [0.4, 0.5) is 0 Å². The molecular formula is C35H48N2O3. The van der Waals surface area contributed by atoms with Gasteiger partial charge in [-0.25, -0.2) is 4.85 Å². The van der Waals surface area contributed by atoms with Crippen LogP contribution in [0, 0.1) is 63.2 Å². The first kappa shape index (κ1) is 27.9. The van der Waals surface area contributed by atoms with E-state index in [0.717, 1.165) is 51.6 Å². The molecule has 1 amide bonds. The molecule has 0 aromatic heterocycles. The molecular weight excluding hydrogens is 496 g/mol. The number of nitrogens with zero attached hydrogens (tertiary/aromatic N) is 2. The molecule has 6 rings (SSSR count). The number of carbonyl (C=O) groups is 3. The molecule has 3 saturated carbocycles. The number of amides is 1. The highest BCUT2D eigenvalue weighted by Crippen LogP contribution is 2.74. The van der Waals surface area contributed by atoms with E-state index < -0.39 is 10.8 Å². The minimum Gasteiger partial charge on any atom is -0.342 e. The van der Waals surface area contributed by atoms with Crippen LogP contribution in [0.3, 0.4) is 0 Å². The molecule has 40 heavy (non-hydrogen) atoms. The Morgan fingerprint density at radius 1 is 1.00 bits per heavy atom. The molecule has 0 radical (unpaired) electrons. The summed E-state index contributed by atoms with van der Waals surface area (Å²) >= 11 is 0. The number of carbonyl (C=O) groups excluding carboxylic acids is 3. The van der Waals surface area contributed by atoms with E-state index in [1.54, 1.807) is 0 Å². The fourth-order valence-electron chi connectivity index (χ4n) is 11.5. The van der Waals surface area contributed by atoms with Crippen molar-refractivity contribution >= 4 is 17.5 Å². The minimum atomic E-state index is -0.635. The van der Waals surface area contributed by atoms with E-state index in [4.69, 9.17) is 6.57 Å². The van der Waals surface area contributed by atoms with Crippen molar-refractivity contribution in [3.63, 3.8) is 0 Å². The van der Waals surface area contributed by atoms with E-state index in [1.165, 1.54) is 12.0 Å². The summed E-state index contributed by atoms with van der Waals surface area (Å²) in [5.41, 5.74) is -0.104. The number of ketones is 2. The molecule has 216 valence electrons. The monoisotopic (exact) mass is 544 g/mol. The van der Waals surface area contributed by atoms with Gasteiger partial charge in [0.1, 0.15) is 0 Å². The van der Waals surface area contributed by atoms with Gasteiger partial charge in [-0.1, -0.05) is 60.1 Å². The van der Waals surface area contributed by atoms with E-state index in [-0.39, 0.29) is 51.3 Å². The second kappa shape index (κ2) is 8.65. The molecule has 5 heteroatoms. The predicted octanol–water partition coefficient (Wildman–Crippen LogP) is 7.04. The summed E-state index contributed by atoms with van der Waals surface area (Å²) in [6, 6.07) is 0. The van der Waals surface area contributed by atoms with Crippen LogP contribution in [0.15, 0.2) is 23.4 Å². The summed E-state index contributed by atoms with van der Waals surface area (Å²) in [6.07, 6.45) is 11.8. The van der Waals surface area contributed by atoms with E-state index in [2.05, 4.69) is 44.4 Å². The second-order valence-corrected chi connectivity index (χ2v) is 15.9. The fourth-order valence-corrected chi connectivity index (χ4v) is 11.5. The first-order chi connectivity index (χ1) is 18.7. The van der Waals surface area contributed by atoms with Crippen molar-refractivity contribution < 1.29 is 14.4 Å². The van der Waals surface area contributed by atoms with E-state index >= 15 is 0 Å². The smallest absolute Gasteiger partial charge is 0.226 e. The average Bonchev–Trinajstić information content (AvgIpc) is 3.30. The van der Waals surface area contributed by atoms with Gasteiger partial charge in [0.2, 0.25) is 11.6 Å². The summed E-state index contributed by atoms with van der Waals surface area (Å²) in [5.74, 6) is 1.75. The lowest BCUT2D eigenvalue weighted by Crippen LogP contribution is -2.66. The maximum atomic E-state index is 14.7. The van der Waals surface area contributed by atoms with Gasteiger partial charge in [-0.15, -0.1) is 0 Å². The lowest BCUT2D eigenvalue weighted by Gasteiger charge is -2.70. The Bertz CT molecular complexity index is 1290. The predicted molar refractivity (Wildman–Crippen MR) is 156 cm³/mol. The quantitative estimate of drug-likeness (QED) is 0.351. The SMILES string of the molecule is [C-]#[N+]C1=C[C@]2(C)C3=CC(=O)[C@@H]4[C@@H]5[C@@H](C)[C@H](C)CC[C@]5(CN5CCCC5=O)CC[C@@]4(C)[C@]3(C)CC[C@H]2C(C)(C)C1=O. The zero-order valence-corrected chi connectivity index (χ0v) is 25.7. The average molecular weight is 545 g/mol. The Hall–Kier alpha value is -2.22. The van der Waals surface area contributed by atoms with Gasteiger partial charge >= 0.3 is 0 Å². The van der Waals surface area contributed by atoms with Crippen molar-refractivity contribution in [2.75, 3.05) is 13.1 Å². The number of hydrogen-bond donors (Lipinski definition) is 0. The molecule has 1 heterocycles. The van der Waals surface area contributed by atoms with Crippen LogP contribution in [0.5, 0.6) is 0 Å². The zero-order valence-electron chi connectivity index (χ0n) is 25.7. The Balaban J connectivity index is 1.49. The van der Waals surface area contributed by atoms with Gasteiger partial charge in [0, 0.05) is 36.3 Å². The molecule has 0 aromatic carbocycles. The molecule has 0 unspecified atom stereocenters. The van der Waals surface area contributed by atoms with Crippen LogP contribution >= 0.6 is 0 Å². The second-order valence-electron chi connectivity index (χ2n) is 15.9. The molecule has 9 atom stereocenters. The van der Waals surface area contributed by atoms with Gasteiger partial charge in [-0.05, 0) is 90.9 Å². The van der Waals surface area contributed by atoms with Crippen LogP contribution in [-0.4, -0.2) is 35.5 Å². The minimum absolute atomic E-state index is 0.00495. The topological polar surface area (TPSA) is 58.8 Å². The number of rotatable bonds is 2. The fraction of sp³-hybridized carbons (Fsp3) is 0.771. The van der Waals surface area contributed by atoms with Crippen molar-refractivity contribution in [2.45, 2.75) is 99.8 Å². The third-order valence-electron chi connectivity index (χ3n) is 14.1. The molecule has 4 fully saturated rings. The Kier molecular flexibility index (Phi) is 6.04. The molecule has 1 saturated heterocycles. The lowest BCUT2D eigenvalue weighted by atomic mass is 9.34. The molecule has 6 aliphatic rings. The summed E-state index contributed by atoms with van der Waals surface area (Å²) in [6.45, 7) is 25.2. The number of Topliss-reactive ketones (excluding diaryl/α,β-unsaturated/α-hetero) is 1. The van der Waals surface area contributed by atoms with Crippen LogP contribution in [-0.2, 0) is 14.4 Å². The number of hydrogen-bond acceptors (Lipinski definition) is 3. The maximum absolute atomic E-state index is 14.7. The molecule has 0 bridgehead atoms. The number of fused-ring (bicyclic) bond motifs is 7. The first-order valence-electron chi connectivity index (χ1n) is 15.9. The standard InChI is InChI=1S/C35H48N2O3/c1-21-11-14-35(20-37-17-9-10-27(37)39)16-15-34(7)29(28(35)22(21)2)24(38)18-26-32(5)19-23(36-8)30(40)31(3,4)25(32)12-13-33(26,34)6/h18-19,21-22,25,28-29H,9-17,20H2,1-7H3/t21-,22+,25+,28+,29-,32+,33-,34-,35-/m1/s1. The van der Waals surface area contributed by atoms with Gasteiger partial charge < -0.3 is 9.69 Å². The third-order valence-corrected chi connectivity index (χ3v) is 14.1. The molecule has 1 aliphatic heterocycles. The van der Waals surface area contributed by atoms with E-state index in [1.807, 2.05) is 26.0 Å². The van der Waals surface area contributed by atoms with E-state index in [0.29, 0.717) is 24.2 Å². The lowest BCUT2D eigenvalue weighted by molar-refractivity contribution is -0.180. The van der Waals surface area contributed by atoms with Crippen molar-refractivity contribution in [2.24, 2.45) is 56.7 Å². The largest absolute Gasteiger partial charge is 0.342 e. The maximum Gasteiger partial charge on any atom is 0.226 e. The molecule has 0 N–H and O–H groups in total. The third kappa shape index (κ3) is 3.34. The van der Waals surface area contributed by atoms with Gasteiger partial charge in [-0.2, -0.15) is 0 Å². The summed E-state index contributed by atoms with van der Waals surface area (Å²) < 4.78 is 0. The number of allylic oxidation sites excluding steroid dienone is 4. The van der Waals surface area contributed by atoms with Gasteiger partial charge in [0.05, 0.1) is 6.57 Å². The zero-order chi connectivity index (χ0) is 29.0. The van der Waals surface area contributed by atoms with Crippen LogP contribution in [0.1, 0.15) is 99.8 Å². The van der Waals surface area contributed by atoms with Crippen molar-refractivity contribution in [3.8, 4) is 0 Å². The Morgan fingerprint density at radius 2 is 1.73 bits per heavy atom. The highest BCUT2D eigenvalue weighted by atomic mass is 16.2. The molecule has 0 aromatic rings. The highest BCUT2D eigenvalue weighted by molar-refractivity contribution is 6.03. The highest BCUT2D eigenvalue weighted by Gasteiger charge is 2.70. The summed E-state index contributed by atoms with van der Waals surface area (Å²) in [4.78, 5) is 46.6. The Morgan fingerprint density at radius 3 is 2.38 bits per heavy atom. The van der Waals surface area contributed by atoms with Crippen LogP contribution in [0.25, 0.3) is 4.85 Å². The first-order valence-corrected chi connectivity index (χ1v) is 15.9.